The minimum atomic E-state index is -1.20. The van der Waals surface area contributed by atoms with E-state index >= 15 is 0 Å². The molecule has 1 aliphatic carbocycles. The van der Waals surface area contributed by atoms with Gasteiger partial charge in [-0.3, -0.25) is 0 Å². The average molecular weight is 515 g/mol. The Bertz CT molecular complexity index is 1170. The smallest absolute Gasteiger partial charge is 0.224 e. The van der Waals surface area contributed by atoms with Crippen LogP contribution in [0.5, 0.6) is 11.6 Å². The van der Waals surface area contributed by atoms with Crippen LogP contribution < -0.4 is 9.47 Å². The van der Waals surface area contributed by atoms with Crippen LogP contribution in [0.15, 0.2) is 30.6 Å². The zero-order valence-electron chi connectivity index (χ0n) is 22.4. The number of ether oxygens (including phenoxy) is 3. The number of pyridine rings is 2. The van der Waals surface area contributed by atoms with Crippen molar-refractivity contribution in [2.45, 2.75) is 64.0 Å². The fourth-order valence-electron chi connectivity index (χ4n) is 4.14. The number of fused-ring (bicyclic) bond motifs is 1. The maximum Gasteiger partial charge on any atom is 0.224 e. The van der Waals surface area contributed by atoms with Crippen molar-refractivity contribution in [1.82, 2.24) is 19.4 Å². The van der Waals surface area contributed by atoms with Crippen molar-refractivity contribution in [1.29, 1.82) is 0 Å². The van der Waals surface area contributed by atoms with Gasteiger partial charge in [0.05, 0.1) is 18.8 Å². The predicted molar refractivity (Wildman–Crippen MR) is 144 cm³/mol. The van der Waals surface area contributed by atoms with Gasteiger partial charge in [0.25, 0.3) is 0 Å². The first-order valence-electron chi connectivity index (χ1n) is 12.7. The Kier molecular flexibility index (Phi) is 8.32. The molecule has 0 N–H and O–H groups in total. The summed E-state index contributed by atoms with van der Waals surface area (Å²) in [4.78, 5) is 11.2. The van der Waals surface area contributed by atoms with E-state index in [9.17, 15) is 4.39 Å². The number of methoxy groups -OCH3 is 1. The van der Waals surface area contributed by atoms with Crippen molar-refractivity contribution in [3.8, 4) is 22.8 Å². The van der Waals surface area contributed by atoms with E-state index in [4.69, 9.17) is 19.2 Å². The number of halogens is 1. The molecule has 1 unspecified atom stereocenters. The van der Waals surface area contributed by atoms with E-state index in [0.717, 1.165) is 52.5 Å². The van der Waals surface area contributed by atoms with E-state index in [2.05, 4.69) is 24.6 Å². The van der Waals surface area contributed by atoms with Crippen molar-refractivity contribution in [2.24, 2.45) is 0 Å². The third-order valence-corrected chi connectivity index (χ3v) is 7.86. The molecule has 9 heteroatoms. The van der Waals surface area contributed by atoms with E-state index in [1.807, 2.05) is 48.0 Å². The summed E-state index contributed by atoms with van der Waals surface area (Å²) in [6.07, 6.45) is 5.35. The van der Waals surface area contributed by atoms with Gasteiger partial charge in [-0.15, -0.1) is 0 Å². The summed E-state index contributed by atoms with van der Waals surface area (Å²) in [6, 6.07) is 6.90. The topological polar surface area (TPSA) is 61.6 Å². The first-order valence-corrected chi connectivity index (χ1v) is 16.4. The Labute approximate surface area is 214 Å². The molecule has 0 radical (unpaired) electrons. The molecule has 4 rings (SSSR count). The monoisotopic (exact) mass is 514 g/mol. The Morgan fingerprint density at radius 3 is 2.64 bits per heavy atom. The molecule has 0 bridgehead atoms. The first kappa shape index (κ1) is 26.6. The van der Waals surface area contributed by atoms with E-state index in [0.29, 0.717) is 25.8 Å². The Hall–Kier alpha value is -2.49. The van der Waals surface area contributed by atoms with E-state index in [1.54, 1.807) is 13.3 Å². The SMILES string of the molecule is COc1nccc(OC2CC2)c1-c1cn(COCC[Si](C)(C)C)c2nc(CC(F)CN(C)C)ccc12. The quantitative estimate of drug-likeness (QED) is 0.225. The summed E-state index contributed by atoms with van der Waals surface area (Å²) >= 11 is 0. The Morgan fingerprint density at radius 1 is 1.19 bits per heavy atom. The van der Waals surface area contributed by atoms with Gasteiger partial charge in [-0.1, -0.05) is 19.6 Å². The van der Waals surface area contributed by atoms with Crippen LogP contribution in [0.3, 0.4) is 0 Å². The van der Waals surface area contributed by atoms with Crippen LogP contribution in [0.2, 0.25) is 25.7 Å². The lowest BCUT2D eigenvalue weighted by Crippen LogP contribution is -2.24. The van der Waals surface area contributed by atoms with E-state index in [1.165, 1.54) is 0 Å². The van der Waals surface area contributed by atoms with Crippen LogP contribution >= 0.6 is 0 Å². The summed E-state index contributed by atoms with van der Waals surface area (Å²) in [7, 11) is 4.17. The van der Waals surface area contributed by atoms with Gasteiger partial charge in [0.2, 0.25) is 5.88 Å². The molecule has 196 valence electrons. The second kappa shape index (κ2) is 11.3. The number of alkyl halides is 1. The molecule has 0 spiro atoms. The lowest BCUT2D eigenvalue weighted by molar-refractivity contribution is 0.0899. The summed E-state index contributed by atoms with van der Waals surface area (Å²) in [5, 5.41) is 0.933. The molecule has 3 heterocycles. The Balaban J connectivity index is 1.72. The molecular formula is C27H39FN4O3Si. The second-order valence-corrected chi connectivity index (χ2v) is 16.7. The fraction of sp³-hybridized carbons (Fsp3) is 0.556. The highest BCUT2D eigenvalue weighted by atomic mass is 28.3. The largest absolute Gasteiger partial charge is 0.490 e. The van der Waals surface area contributed by atoms with Gasteiger partial charge >= 0.3 is 0 Å². The average Bonchev–Trinajstić information content (AvgIpc) is 3.55. The first-order chi connectivity index (χ1) is 17.1. The number of aromatic nitrogens is 3. The standard InChI is InChI=1S/C27H39FN4O3Si/c1-31(2)16-19(28)15-20-7-10-22-23(17-32(26(22)30-20)18-34-13-14-36(4,5)6)25-24(35-21-8-9-21)11-12-29-27(25)33-3/h7,10-12,17,19,21H,8-9,13-16,18H2,1-6H3. The molecule has 7 nitrogen and oxygen atoms in total. The zero-order chi connectivity index (χ0) is 25.9. The number of nitrogens with zero attached hydrogens (tertiary/aromatic N) is 4. The predicted octanol–water partition coefficient (Wildman–Crippen LogP) is 5.40. The number of hydrogen-bond acceptors (Lipinski definition) is 6. The molecule has 0 aliphatic heterocycles. The maximum atomic E-state index is 14.6. The molecule has 3 aromatic heterocycles. The third-order valence-electron chi connectivity index (χ3n) is 6.16. The lowest BCUT2D eigenvalue weighted by atomic mass is 10.1. The van der Waals surface area contributed by atoms with Crippen molar-refractivity contribution >= 4 is 19.1 Å². The minimum Gasteiger partial charge on any atom is -0.490 e. The van der Waals surface area contributed by atoms with Crippen LogP contribution in [0.1, 0.15) is 18.5 Å². The lowest BCUT2D eigenvalue weighted by Gasteiger charge is -2.16. The normalized spacial score (nSPS) is 15.0. The van der Waals surface area contributed by atoms with E-state index < -0.39 is 14.2 Å². The molecule has 3 aromatic rings. The molecule has 0 saturated heterocycles. The second-order valence-electron chi connectivity index (χ2n) is 11.1. The van der Waals surface area contributed by atoms with Crippen LogP contribution in [0, 0.1) is 0 Å². The summed E-state index contributed by atoms with van der Waals surface area (Å²) < 4.78 is 34.6. The van der Waals surface area contributed by atoms with Crippen molar-refractivity contribution < 1.29 is 18.6 Å². The molecule has 1 aliphatic rings. The van der Waals surface area contributed by atoms with Crippen LogP contribution in [-0.2, 0) is 17.9 Å². The van der Waals surface area contributed by atoms with Gasteiger partial charge < -0.3 is 23.7 Å². The number of rotatable bonds is 13. The van der Waals surface area contributed by atoms with Crippen molar-refractivity contribution in [2.75, 3.05) is 34.4 Å². The molecule has 36 heavy (non-hydrogen) atoms. The van der Waals surface area contributed by atoms with Crippen LogP contribution in [0.25, 0.3) is 22.2 Å². The van der Waals surface area contributed by atoms with Gasteiger partial charge in [-0.25, -0.2) is 14.4 Å². The van der Waals surface area contributed by atoms with Gasteiger partial charge in [-0.2, -0.15) is 0 Å². The molecule has 1 saturated carbocycles. The fourth-order valence-corrected chi connectivity index (χ4v) is 4.89. The maximum absolute atomic E-state index is 14.6. The molecule has 1 fully saturated rings. The highest BCUT2D eigenvalue weighted by Gasteiger charge is 2.28. The van der Waals surface area contributed by atoms with Crippen LogP contribution in [-0.4, -0.2) is 74.1 Å². The molecule has 0 aromatic carbocycles. The van der Waals surface area contributed by atoms with Gasteiger partial charge in [0.15, 0.2) is 0 Å². The van der Waals surface area contributed by atoms with Crippen molar-refractivity contribution in [3.05, 3.63) is 36.3 Å². The van der Waals surface area contributed by atoms with Crippen molar-refractivity contribution in [3.63, 3.8) is 0 Å². The highest BCUT2D eigenvalue weighted by molar-refractivity contribution is 6.76. The summed E-state index contributed by atoms with van der Waals surface area (Å²) in [6.45, 7) is 8.45. The molecule has 0 amide bonds. The zero-order valence-corrected chi connectivity index (χ0v) is 23.4. The minimum absolute atomic E-state index is 0.233. The third kappa shape index (κ3) is 6.83. The Morgan fingerprint density at radius 2 is 1.97 bits per heavy atom. The summed E-state index contributed by atoms with van der Waals surface area (Å²) in [5.74, 6) is 1.26. The van der Waals surface area contributed by atoms with Gasteiger partial charge in [0, 0.05) is 56.7 Å². The van der Waals surface area contributed by atoms with Crippen LogP contribution in [0.4, 0.5) is 4.39 Å². The summed E-state index contributed by atoms with van der Waals surface area (Å²) in [5.41, 5.74) is 3.21. The molecular weight excluding hydrogens is 475 g/mol. The van der Waals surface area contributed by atoms with E-state index in [-0.39, 0.29) is 12.5 Å². The number of hydrogen-bond donors (Lipinski definition) is 0. The molecule has 1 atom stereocenters. The van der Waals surface area contributed by atoms with Gasteiger partial charge in [-0.05, 0) is 51.2 Å². The highest BCUT2D eigenvalue weighted by Crippen LogP contribution is 2.43. The van der Waals surface area contributed by atoms with Gasteiger partial charge in [0.1, 0.15) is 24.3 Å².